The number of hydrogen-bond acceptors (Lipinski definition) is 2. The minimum absolute atomic E-state index is 0.506. The fourth-order valence-electron chi connectivity index (χ4n) is 6.27. The predicted molar refractivity (Wildman–Crippen MR) is 86.3 cm³/mol. The summed E-state index contributed by atoms with van der Waals surface area (Å²) in [4.78, 5) is 0. The molecule has 2 bridgehead atoms. The highest BCUT2D eigenvalue weighted by molar-refractivity contribution is 5.09. The molecule has 2 nitrogen and oxygen atoms in total. The van der Waals surface area contributed by atoms with Gasteiger partial charge in [0.25, 0.3) is 0 Å². The quantitative estimate of drug-likeness (QED) is 0.822. The maximum atomic E-state index is 6.08. The van der Waals surface area contributed by atoms with Crippen LogP contribution in [0.15, 0.2) is 0 Å². The van der Waals surface area contributed by atoms with Crippen LogP contribution >= 0.6 is 0 Å². The van der Waals surface area contributed by atoms with Crippen LogP contribution in [0.4, 0.5) is 0 Å². The van der Waals surface area contributed by atoms with E-state index in [1.54, 1.807) is 6.42 Å². The van der Waals surface area contributed by atoms with Crippen LogP contribution in [-0.4, -0.2) is 25.3 Å². The monoisotopic (exact) mass is 291 g/mol. The third kappa shape index (κ3) is 2.47. The fraction of sp³-hybridized carbons (Fsp3) is 1.00. The molecule has 0 aromatic rings. The third-order valence-corrected chi connectivity index (χ3v) is 7.45. The number of hydrogen-bond donors (Lipinski definition) is 1. The summed E-state index contributed by atoms with van der Waals surface area (Å²) in [5.74, 6) is 3.14. The second-order valence-electron chi connectivity index (χ2n) is 8.37. The Morgan fingerprint density at radius 2 is 1.90 bits per heavy atom. The maximum absolute atomic E-state index is 6.08. The van der Waals surface area contributed by atoms with Gasteiger partial charge in [-0.1, -0.05) is 25.7 Å². The summed E-state index contributed by atoms with van der Waals surface area (Å²) in [6, 6.07) is 0.758. The lowest BCUT2D eigenvalue weighted by atomic mass is 9.55. The lowest BCUT2D eigenvalue weighted by molar-refractivity contribution is -0.150. The molecule has 4 rings (SSSR count). The maximum Gasteiger partial charge on any atom is 0.0661 e. The van der Waals surface area contributed by atoms with Crippen molar-refractivity contribution >= 4 is 0 Å². The normalized spacial score (nSPS) is 44.1. The highest BCUT2D eigenvalue weighted by atomic mass is 16.5. The van der Waals surface area contributed by atoms with E-state index >= 15 is 0 Å². The summed E-state index contributed by atoms with van der Waals surface area (Å²) in [5.41, 5.74) is 0.506. The van der Waals surface area contributed by atoms with Crippen molar-refractivity contribution in [3.63, 3.8) is 0 Å². The molecule has 5 atom stereocenters. The number of nitrogens with one attached hydrogen (secondary N) is 1. The zero-order chi connectivity index (χ0) is 14.3. The van der Waals surface area contributed by atoms with Gasteiger partial charge in [0, 0.05) is 18.1 Å². The van der Waals surface area contributed by atoms with Gasteiger partial charge in [-0.05, 0) is 69.7 Å². The molecule has 0 radical (unpaired) electrons. The first kappa shape index (κ1) is 14.5. The van der Waals surface area contributed by atoms with Gasteiger partial charge < -0.3 is 10.1 Å². The fourth-order valence-corrected chi connectivity index (χ4v) is 6.27. The molecule has 4 fully saturated rings. The molecule has 0 aromatic heterocycles. The Balaban J connectivity index is 1.34. The highest BCUT2D eigenvalue weighted by Gasteiger charge is 2.55. The van der Waals surface area contributed by atoms with Gasteiger partial charge in [-0.2, -0.15) is 0 Å². The van der Waals surface area contributed by atoms with Gasteiger partial charge in [-0.25, -0.2) is 0 Å². The van der Waals surface area contributed by atoms with Gasteiger partial charge in [-0.15, -0.1) is 0 Å². The average Bonchev–Trinajstić information content (AvgIpc) is 3.13. The first-order chi connectivity index (χ1) is 10.3. The van der Waals surface area contributed by atoms with E-state index in [9.17, 15) is 0 Å². The van der Waals surface area contributed by atoms with Crippen molar-refractivity contribution in [1.29, 1.82) is 0 Å². The molecule has 4 aliphatic rings. The summed E-state index contributed by atoms with van der Waals surface area (Å²) >= 11 is 0. The van der Waals surface area contributed by atoms with Crippen molar-refractivity contribution in [2.45, 2.75) is 83.3 Å². The summed E-state index contributed by atoms with van der Waals surface area (Å²) in [6.07, 6.45) is 15.1. The molecule has 120 valence electrons. The highest BCUT2D eigenvalue weighted by Crippen LogP contribution is 2.54. The van der Waals surface area contributed by atoms with E-state index < -0.39 is 0 Å². The van der Waals surface area contributed by atoms with Gasteiger partial charge in [0.2, 0.25) is 0 Å². The van der Waals surface area contributed by atoms with Crippen molar-refractivity contribution < 1.29 is 4.74 Å². The van der Waals surface area contributed by atoms with Gasteiger partial charge in [0.1, 0.15) is 0 Å². The first-order valence-electron chi connectivity index (χ1n) is 9.67. The van der Waals surface area contributed by atoms with Crippen LogP contribution in [0, 0.1) is 23.2 Å². The molecule has 4 saturated carbocycles. The molecule has 0 heterocycles. The summed E-state index contributed by atoms with van der Waals surface area (Å²) in [5, 5.41) is 4.01. The SMILES string of the molecule is CCOC1CC(NCC2CC3CCC2C3)C12CCCCC2. The van der Waals surface area contributed by atoms with E-state index in [2.05, 4.69) is 12.2 Å². The topological polar surface area (TPSA) is 21.3 Å². The minimum Gasteiger partial charge on any atom is -0.378 e. The van der Waals surface area contributed by atoms with E-state index in [-0.39, 0.29) is 0 Å². The molecule has 2 heteroatoms. The van der Waals surface area contributed by atoms with Gasteiger partial charge in [-0.3, -0.25) is 0 Å². The molecule has 1 spiro atoms. The minimum atomic E-state index is 0.506. The molecule has 1 N–H and O–H groups in total. The molecule has 0 saturated heterocycles. The summed E-state index contributed by atoms with van der Waals surface area (Å²) in [6.45, 7) is 4.35. The van der Waals surface area contributed by atoms with Crippen LogP contribution < -0.4 is 5.32 Å². The van der Waals surface area contributed by atoms with E-state index in [1.165, 1.54) is 64.3 Å². The number of rotatable bonds is 5. The predicted octanol–water partition coefficient (Wildman–Crippen LogP) is 4.14. The number of ether oxygens (including phenoxy) is 1. The second-order valence-corrected chi connectivity index (χ2v) is 8.37. The van der Waals surface area contributed by atoms with Crippen LogP contribution in [0.1, 0.15) is 71.1 Å². The summed E-state index contributed by atoms with van der Waals surface area (Å²) in [7, 11) is 0. The molecule has 0 amide bonds. The lowest BCUT2D eigenvalue weighted by Crippen LogP contribution is -2.65. The van der Waals surface area contributed by atoms with Crippen molar-refractivity contribution in [2.24, 2.45) is 23.2 Å². The standard InChI is InChI=1S/C19H33NO/c1-2-21-18-12-17(19(18)8-4-3-5-9-19)20-13-16-11-14-6-7-15(16)10-14/h14-18,20H,2-13H2,1H3. The van der Waals surface area contributed by atoms with Crippen LogP contribution in [-0.2, 0) is 4.74 Å². The van der Waals surface area contributed by atoms with Gasteiger partial charge in [0.05, 0.1) is 6.10 Å². The Kier molecular flexibility index (Phi) is 4.04. The van der Waals surface area contributed by atoms with Gasteiger partial charge in [0.15, 0.2) is 0 Å². The van der Waals surface area contributed by atoms with E-state index in [0.717, 1.165) is 30.4 Å². The largest absolute Gasteiger partial charge is 0.378 e. The van der Waals surface area contributed by atoms with Crippen LogP contribution in [0.3, 0.4) is 0 Å². The van der Waals surface area contributed by atoms with Crippen LogP contribution in [0.25, 0.3) is 0 Å². The van der Waals surface area contributed by atoms with Gasteiger partial charge >= 0.3 is 0 Å². The molecule has 0 aromatic carbocycles. The van der Waals surface area contributed by atoms with Crippen molar-refractivity contribution in [2.75, 3.05) is 13.2 Å². The Morgan fingerprint density at radius 3 is 2.57 bits per heavy atom. The van der Waals surface area contributed by atoms with E-state index in [0.29, 0.717) is 11.5 Å². The molecule has 5 unspecified atom stereocenters. The molecule has 0 aliphatic heterocycles. The molecular weight excluding hydrogens is 258 g/mol. The lowest BCUT2D eigenvalue weighted by Gasteiger charge is -2.58. The number of fused-ring (bicyclic) bond motifs is 2. The summed E-state index contributed by atoms with van der Waals surface area (Å²) < 4.78 is 6.08. The average molecular weight is 291 g/mol. The Bertz CT molecular complexity index is 363. The Hall–Kier alpha value is -0.0800. The van der Waals surface area contributed by atoms with Crippen molar-refractivity contribution in [3.8, 4) is 0 Å². The smallest absolute Gasteiger partial charge is 0.0661 e. The molecule has 21 heavy (non-hydrogen) atoms. The first-order valence-corrected chi connectivity index (χ1v) is 9.67. The van der Waals surface area contributed by atoms with Crippen LogP contribution in [0.5, 0.6) is 0 Å². The van der Waals surface area contributed by atoms with Crippen molar-refractivity contribution in [3.05, 3.63) is 0 Å². The van der Waals surface area contributed by atoms with E-state index in [4.69, 9.17) is 4.74 Å². The van der Waals surface area contributed by atoms with Crippen molar-refractivity contribution in [1.82, 2.24) is 5.32 Å². The van der Waals surface area contributed by atoms with Crippen LogP contribution in [0.2, 0.25) is 0 Å². The zero-order valence-corrected chi connectivity index (χ0v) is 13.8. The zero-order valence-electron chi connectivity index (χ0n) is 13.8. The third-order valence-electron chi connectivity index (χ3n) is 7.45. The Morgan fingerprint density at radius 1 is 1.05 bits per heavy atom. The molecule has 4 aliphatic carbocycles. The second kappa shape index (κ2) is 5.85. The van der Waals surface area contributed by atoms with E-state index in [1.807, 2.05) is 0 Å². The Labute approximate surface area is 130 Å². The molecular formula is C19H33NO.